The molecule has 1 N–H and O–H groups in total. The van der Waals surface area contributed by atoms with Crippen LogP contribution in [0.5, 0.6) is 0 Å². The number of carbonyl (C=O) groups excluding carboxylic acids is 1. The van der Waals surface area contributed by atoms with Gasteiger partial charge in [0, 0.05) is 12.8 Å². The maximum atomic E-state index is 12.9. The summed E-state index contributed by atoms with van der Waals surface area (Å²) in [6.45, 7) is 14.9. The van der Waals surface area contributed by atoms with Gasteiger partial charge in [0.1, 0.15) is 12.4 Å². The van der Waals surface area contributed by atoms with E-state index >= 15 is 0 Å². The molecule has 1 atom stereocenters. The Morgan fingerprint density at radius 2 is 1.54 bits per heavy atom. The van der Waals surface area contributed by atoms with E-state index in [1.165, 1.54) is 33.4 Å². The largest absolute Gasteiger partial charge is 0.511 e. The highest BCUT2D eigenvalue weighted by Gasteiger charge is 2.33. The molecule has 4 heteroatoms. The molecule has 0 heterocycles. The number of ketones is 1. The van der Waals surface area contributed by atoms with Gasteiger partial charge >= 0.3 is 0 Å². The van der Waals surface area contributed by atoms with Crippen LogP contribution in [0, 0.1) is 34.6 Å². The molecule has 0 aromatic heterocycles. The lowest BCUT2D eigenvalue weighted by Crippen LogP contribution is -2.25. The third-order valence-corrected chi connectivity index (χ3v) is 5.83. The average molecular weight is 357 g/mol. The molecule has 0 saturated carbocycles. The summed E-state index contributed by atoms with van der Waals surface area (Å²) in [7, 11) is 0. The number of hydrogen-bond donors (Lipinski definition) is 1. The van der Waals surface area contributed by atoms with Gasteiger partial charge in [0.2, 0.25) is 0 Å². The number of nitrogens with zero attached hydrogens (tertiary/aromatic N) is 1. The zero-order valence-corrected chi connectivity index (χ0v) is 17.1. The van der Waals surface area contributed by atoms with Crippen LogP contribution in [0.4, 0.5) is 0 Å². The highest BCUT2D eigenvalue weighted by atomic mass is 16.6. The number of Topliss-reactive ketones (excluding diaryl/α,β-unsaturated/α-hetero) is 1. The number of allylic oxidation sites excluding steroid dienone is 2. The number of benzene rings is 1. The van der Waals surface area contributed by atoms with E-state index in [4.69, 9.17) is 4.84 Å². The highest BCUT2D eigenvalue weighted by Crippen LogP contribution is 2.40. The zero-order valence-electron chi connectivity index (χ0n) is 17.1. The Bertz CT molecular complexity index is 758. The second-order valence-electron chi connectivity index (χ2n) is 7.20. The molecular formula is C22H31NO3. The predicted molar refractivity (Wildman–Crippen MR) is 106 cm³/mol. The van der Waals surface area contributed by atoms with Gasteiger partial charge in [0.15, 0.2) is 5.78 Å². The van der Waals surface area contributed by atoms with Gasteiger partial charge in [-0.05, 0) is 87.3 Å². The van der Waals surface area contributed by atoms with Crippen molar-refractivity contribution in [2.45, 2.75) is 73.6 Å². The van der Waals surface area contributed by atoms with E-state index in [1.807, 2.05) is 13.8 Å². The van der Waals surface area contributed by atoms with Crippen molar-refractivity contribution in [2.24, 2.45) is 5.16 Å². The van der Waals surface area contributed by atoms with Gasteiger partial charge in [-0.1, -0.05) is 12.1 Å². The first kappa shape index (κ1) is 20.2. The summed E-state index contributed by atoms with van der Waals surface area (Å²) < 4.78 is 0. The normalized spacial score (nSPS) is 18.5. The number of carbonyl (C=O) groups is 1. The van der Waals surface area contributed by atoms with Crippen LogP contribution in [-0.4, -0.2) is 23.2 Å². The Balaban J connectivity index is 2.49. The van der Waals surface area contributed by atoms with E-state index in [-0.39, 0.29) is 17.5 Å². The molecular weight excluding hydrogens is 326 g/mol. The average Bonchev–Trinajstić information content (AvgIpc) is 2.60. The van der Waals surface area contributed by atoms with Crippen molar-refractivity contribution in [1.29, 1.82) is 0 Å². The molecule has 1 unspecified atom stereocenters. The molecule has 0 radical (unpaired) electrons. The molecule has 2 rings (SSSR count). The first-order chi connectivity index (χ1) is 12.2. The minimum atomic E-state index is -0.0475. The van der Waals surface area contributed by atoms with Crippen LogP contribution in [0.15, 0.2) is 16.5 Å². The molecule has 0 bridgehead atoms. The standard InChI is InChI=1S/C22H31NO3/c1-8-18(23-26-9-2)22-19(24)10-17(11-20(22)25)21-15(6)13(4)12(3)14(5)16(21)7/h17,24H,8-11H2,1-7H3. The SMILES string of the molecule is CCON=C(CC)C1=C(O)CC(c2c(C)c(C)c(C)c(C)c2C)CC1=O. The van der Waals surface area contributed by atoms with Gasteiger partial charge in [-0.3, -0.25) is 4.79 Å². The fourth-order valence-corrected chi connectivity index (χ4v) is 4.00. The van der Waals surface area contributed by atoms with Gasteiger partial charge in [0.05, 0.1) is 11.3 Å². The maximum Gasteiger partial charge on any atom is 0.168 e. The van der Waals surface area contributed by atoms with Crippen molar-refractivity contribution < 1.29 is 14.7 Å². The highest BCUT2D eigenvalue weighted by molar-refractivity contribution is 6.23. The first-order valence-corrected chi connectivity index (χ1v) is 9.45. The van der Waals surface area contributed by atoms with Crippen LogP contribution < -0.4 is 0 Å². The number of aliphatic hydroxyl groups excluding tert-OH is 1. The summed E-state index contributed by atoms with van der Waals surface area (Å²) in [5, 5.41) is 14.7. The second-order valence-corrected chi connectivity index (χ2v) is 7.20. The van der Waals surface area contributed by atoms with E-state index < -0.39 is 0 Å². The second kappa shape index (κ2) is 8.07. The van der Waals surface area contributed by atoms with Crippen LogP contribution in [0.25, 0.3) is 0 Å². The number of aliphatic hydroxyl groups is 1. The van der Waals surface area contributed by atoms with Gasteiger partial charge in [0.25, 0.3) is 0 Å². The maximum absolute atomic E-state index is 12.9. The molecule has 1 aromatic rings. The quantitative estimate of drug-likeness (QED) is 0.575. The van der Waals surface area contributed by atoms with Crippen molar-refractivity contribution in [1.82, 2.24) is 0 Å². The van der Waals surface area contributed by atoms with Crippen molar-refractivity contribution >= 4 is 11.5 Å². The fourth-order valence-electron chi connectivity index (χ4n) is 4.00. The summed E-state index contributed by atoms with van der Waals surface area (Å²) in [5.41, 5.74) is 8.43. The molecule has 4 nitrogen and oxygen atoms in total. The Morgan fingerprint density at radius 3 is 2.00 bits per heavy atom. The summed E-state index contributed by atoms with van der Waals surface area (Å²) in [6.07, 6.45) is 1.42. The molecule has 1 aliphatic carbocycles. The molecule has 0 saturated heterocycles. The number of oxime groups is 1. The minimum Gasteiger partial charge on any atom is -0.511 e. The lowest BCUT2D eigenvalue weighted by molar-refractivity contribution is -0.116. The lowest BCUT2D eigenvalue weighted by atomic mass is 9.76. The van der Waals surface area contributed by atoms with Crippen molar-refractivity contribution in [3.8, 4) is 0 Å². The smallest absolute Gasteiger partial charge is 0.168 e. The van der Waals surface area contributed by atoms with Crippen molar-refractivity contribution in [3.63, 3.8) is 0 Å². The molecule has 1 aromatic carbocycles. The van der Waals surface area contributed by atoms with Crippen LogP contribution in [0.1, 0.15) is 72.4 Å². The van der Waals surface area contributed by atoms with Crippen LogP contribution in [-0.2, 0) is 9.63 Å². The summed E-state index contributed by atoms with van der Waals surface area (Å²) in [5.74, 6) is 0.101. The molecule has 1 aliphatic rings. The fraction of sp³-hybridized carbons (Fsp3) is 0.545. The summed E-state index contributed by atoms with van der Waals surface area (Å²) in [4.78, 5) is 18.0. The monoisotopic (exact) mass is 357 g/mol. The third kappa shape index (κ3) is 3.55. The van der Waals surface area contributed by atoms with E-state index in [0.717, 1.165) is 0 Å². The first-order valence-electron chi connectivity index (χ1n) is 9.45. The number of hydrogen-bond acceptors (Lipinski definition) is 4. The third-order valence-electron chi connectivity index (χ3n) is 5.83. The van der Waals surface area contributed by atoms with Gasteiger partial charge in [-0.15, -0.1) is 0 Å². The van der Waals surface area contributed by atoms with Crippen molar-refractivity contribution in [3.05, 3.63) is 44.7 Å². The van der Waals surface area contributed by atoms with Gasteiger partial charge in [-0.2, -0.15) is 0 Å². The van der Waals surface area contributed by atoms with Crippen LogP contribution >= 0.6 is 0 Å². The lowest BCUT2D eigenvalue weighted by Gasteiger charge is -2.29. The molecule has 0 fully saturated rings. The Kier molecular flexibility index (Phi) is 6.27. The molecule has 0 aliphatic heterocycles. The predicted octanol–water partition coefficient (Wildman–Crippen LogP) is 5.29. The Morgan fingerprint density at radius 1 is 1.00 bits per heavy atom. The van der Waals surface area contributed by atoms with Gasteiger partial charge in [-0.25, -0.2) is 0 Å². The topological polar surface area (TPSA) is 58.9 Å². The van der Waals surface area contributed by atoms with E-state index in [0.29, 0.717) is 37.2 Å². The summed E-state index contributed by atoms with van der Waals surface area (Å²) in [6, 6.07) is 0. The molecule has 142 valence electrons. The summed E-state index contributed by atoms with van der Waals surface area (Å²) >= 11 is 0. The van der Waals surface area contributed by atoms with Crippen LogP contribution in [0.3, 0.4) is 0 Å². The van der Waals surface area contributed by atoms with Crippen LogP contribution in [0.2, 0.25) is 0 Å². The van der Waals surface area contributed by atoms with E-state index in [9.17, 15) is 9.90 Å². The number of rotatable bonds is 5. The van der Waals surface area contributed by atoms with Crippen molar-refractivity contribution in [2.75, 3.05) is 6.61 Å². The van der Waals surface area contributed by atoms with E-state index in [1.54, 1.807) is 0 Å². The molecule has 0 spiro atoms. The minimum absolute atomic E-state index is 0.00875. The Labute approximate surface area is 156 Å². The zero-order chi connectivity index (χ0) is 19.6. The van der Waals surface area contributed by atoms with Gasteiger partial charge < -0.3 is 9.94 Å². The molecule has 26 heavy (non-hydrogen) atoms. The van der Waals surface area contributed by atoms with E-state index in [2.05, 4.69) is 39.8 Å². The molecule has 0 amide bonds. The Hall–Kier alpha value is -2.10.